The van der Waals surface area contributed by atoms with Crippen LogP contribution in [0.2, 0.25) is 0 Å². The second-order valence-corrected chi connectivity index (χ2v) is 6.51. The van der Waals surface area contributed by atoms with E-state index in [1.54, 1.807) is 0 Å². The molecule has 1 aliphatic rings. The van der Waals surface area contributed by atoms with Gasteiger partial charge in [-0.1, -0.05) is 20.3 Å². The van der Waals surface area contributed by atoms with Gasteiger partial charge in [0, 0.05) is 16.0 Å². The standard InChI is InChI=1S/C12H25NOS/c1-4-10(2)15-11-6-5-7-12(8-11,9-14)13-3/h10-11,13-14H,4-9H2,1-3H3. The molecule has 90 valence electrons. The molecule has 2 N–H and O–H groups in total. The van der Waals surface area contributed by atoms with Crippen LogP contribution in [0.25, 0.3) is 0 Å². The first-order valence-corrected chi connectivity index (χ1v) is 7.05. The lowest BCUT2D eigenvalue weighted by Gasteiger charge is -2.40. The number of rotatable bonds is 5. The van der Waals surface area contributed by atoms with Crippen LogP contribution in [0.15, 0.2) is 0 Å². The maximum absolute atomic E-state index is 9.48. The Morgan fingerprint density at radius 1 is 1.60 bits per heavy atom. The highest BCUT2D eigenvalue weighted by molar-refractivity contribution is 8.00. The van der Waals surface area contributed by atoms with Gasteiger partial charge in [-0.3, -0.25) is 0 Å². The molecule has 0 aromatic carbocycles. The summed E-state index contributed by atoms with van der Waals surface area (Å²) in [5.74, 6) is 0. The normalized spacial score (nSPS) is 34.0. The van der Waals surface area contributed by atoms with E-state index in [9.17, 15) is 5.11 Å². The lowest BCUT2D eigenvalue weighted by molar-refractivity contribution is 0.131. The van der Waals surface area contributed by atoms with Gasteiger partial charge in [0.1, 0.15) is 0 Å². The minimum Gasteiger partial charge on any atom is -0.394 e. The Morgan fingerprint density at radius 2 is 2.33 bits per heavy atom. The maximum atomic E-state index is 9.48. The van der Waals surface area contributed by atoms with E-state index in [4.69, 9.17) is 0 Å². The van der Waals surface area contributed by atoms with Crippen molar-refractivity contribution in [2.24, 2.45) is 0 Å². The lowest BCUT2D eigenvalue weighted by atomic mass is 9.82. The van der Waals surface area contributed by atoms with Gasteiger partial charge in [0.15, 0.2) is 0 Å². The smallest absolute Gasteiger partial charge is 0.0613 e. The number of likely N-dealkylation sites (N-methyl/N-ethyl adjacent to an activating group) is 1. The van der Waals surface area contributed by atoms with Crippen molar-refractivity contribution >= 4 is 11.8 Å². The first kappa shape index (κ1) is 13.3. The summed E-state index contributed by atoms with van der Waals surface area (Å²) in [6.45, 7) is 4.83. The van der Waals surface area contributed by atoms with Gasteiger partial charge < -0.3 is 10.4 Å². The quantitative estimate of drug-likeness (QED) is 0.762. The summed E-state index contributed by atoms with van der Waals surface area (Å²) in [6.07, 6.45) is 6.05. The van der Waals surface area contributed by atoms with E-state index in [0.717, 1.165) is 23.3 Å². The predicted molar refractivity (Wildman–Crippen MR) is 68.5 cm³/mol. The third kappa shape index (κ3) is 3.65. The van der Waals surface area contributed by atoms with Crippen molar-refractivity contribution in [2.45, 2.75) is 62.0 Å². The van der Waals surface area contributed by atoms with Gasteiger partial charge in [-0.15, -0.1) is 0 Å². The average Bonchev–Trinajstić information content (AvgIpc) is 2.29. The van der Waals surface area contributed by atoms with Crippen LogP contribution in [-0.2, 0) is 0 Å². The Labute approximate surface area is 98.2 Å². The molecule has 0 aromatic rings. The zero-order valence-corrected chi connectivity index (χ0v) is 11.1. The van der Waals surface area contributed by atoms with Crippen molar-refractivity contribution < 1.29 is 5.11 Å². The van der Waals surface area contributed by atoms with E-state index >= 15 is 0 Å². The molecular weight excluding hydrogens is 206 g/mol. The Morgan fingerprint density at radius 3 is 2.87 bits per heavy atom. The molecule has 0 spiro atoms. The number of nitrogens with one attached hydrogen (secondary N) is 1. The summed E-state index contributed by atoms with van der Waals surface area (Å²) in [4.78, 5) is 0. The molecule has 0 heterocycles. The van der Waals surface area contributed by atoms with Crippen LogP contribution in [0.3, 0.4) is 0 Å². The van der Waals surface area contributed by atoms with Crippen molar-refractivity contribution in [3.63, 3.8) is 0 Å². The zero-order valence-electron chi connectivity index (χ0n) is 10.3. The highest BCUT2D eigenvalue weighted by Gasteiger charge is 2.34. The highest BCUT2D eigenvalue weighted by atomic mass is 32.2. The monoisotopic (exact) mass is 231 g/mol. The highest BCUT2D eigenvalue weighted by Crippen LogP contribution is 2.36. The number of aliphatic hydroxyl groups is 1. The Balaban J connectivity index is 2.47. The summed E-state index contributed by atoms with van der Waals surface area (Å²) in [7, 11) is 1.98. The fourth-order valence-corrected chi connectivity index (χ4v) is 3.87. The molecule has 1 rings (SSSR count). The van der Waals surface area contributed by atoms with Gasteiger partial charge in [-0.25, -0.2) is 0 Å². The van der Waals surface area contributed by atoms with Crippen molar-refractivity contribution in [1.82, 2.24) is 5.32 Å². The molecular formula is C12H25NOS. The predicted octanol–water partition coefficient (Wildman–Crippen LogP) is 2.41. The molecule has 3 heteroatoms. The first-order chi connectivity index (χ1) is 7.15. The number of hydrogen-bond acceptors (Lipinski definition) is 3. The third-order valence-corrected chi connectivity index (χ3v) is 5.22. The van der Waals surface area contributed by atoms with Crippen LogP contribution < -0.4 is 5.32 Å². The summed E-state index contributed by atoms with van der Waals surface area (Å²) < 4.78 is 0. The van der Waals surface area contributed by atoms with E-state index in [1.807, 2.05) is 7.05 Å². The molecule has 0 bridgehead atoms. The van der Waals surface area contributed by atoms with Gasteiger partial charge in [0.2, 0.25) is 0 Å². The minimum absolute atomic E-state index is 0.00335. The van der Waals surface area contributed by atoms with Gasteiger partial charge >= 0.3 is 0 Å². The van der Waals surface area contributed by atoms with E-state index in [-0.39, 0.29) is 12.1 Å². The van der Waals surface area contributed by atoms with Crippen molar-refractivity contribution in [3.8, 4) is 0 Å². The molecule has 1 saturated carbocycles. The van der Waals surface area contributed by atoms with Crippen molar-refractivity contribution in [1.29, 1.82) is 0 Å². The van der Waals surface area contributed by atoms with E-state index < -0.39 is 0 Å². The van der Waals surface area contributed by atoms with Gasteiger partial charge in [0.25, 0.3) is 0 Å². The molecule has 1 aliphatic carbocycles. The molecule has 0 amide bonds. The second-order valence-electron chi connectivity index (χ2n) is 4.76. The molecule has 15 heavy (non-hydrogen) atoms. The third-order valence-electron chi connectivity index (χ3n) is 3.63. The van der Waals surface area contributed by atoms with E-state index in [1.165, 1.54) is 19.3 Å². The second kappa shape index (κ2) is 6.12. The van der Waals surface area contributed by atoms with Crippen LogP contribution in [0.1, 0.15) is 46.0 Å². The summed E-state index contributed by atoms with van der Waals surface area (Å²) in [5.41, 5.74) is 0.00335. The van der Waals surface area contributed by atoms with Gasteiger partial charge in [-0.05, 0) is 32.7 Å². The summed E-state index contributed by atoms with van der Waals surface area (Å²) in [5, 5.41) is 14.3. The number of thioether (sulfide) groups is 1. The Kier molecular flexibility index (Phi) is 5.44. The minimum atomic E-state index is 0.00335. The zero-order chi connectivity index (χ0) is 11.3. The van der Waals surface area contributed by atoms with Crippen LogP contribution in [0, 0.1) is 0 Å². The van der Waals surface area contributed by atoms with Crippen LogP contribution in [0.5, 0.6) is 0 Å². The maximum Gasteiger partial charge on any atom is 0.0613 e. The van der Waals surface area contributed by atoms with Crippen LogP contribution >= 0.6 is 11.8 Å². The summed E-state index contributed by atoms with van der Waals surface area (Å²) >= 11 is 2.10. The molecule has 0 aliphatic heterocycles. The molecule has 1 fully saturated rings. The summed E-state index contributed by atoms with van der Waals surface area (Å²) in [6, 6.07) is 0. The first-order valence-electron chi connectivity index (χ1n) is 6.11. The largest absolute Gasteiger partial charge is 0.394 e. The number of aliphatic hydroxyl groups excluding tert-OH is 1. The number of hydrogen-bond donors (Lipinski definition) is 2. The molecule has 0 radical (unpaired) electrons. The van der Waals surface area contributed by atoms with Crippen LogP contribution in [0.4, 0.5) is 0 Å². The van der Waals surface area contributed by atoms with Gasteiger partial charge in [-0.2, -0.15) is 11.8 Å². The molecule has 0 saturated heterocycles. The van der Waals surface area contributed by atoms with Crippen molar-refractivity contribution in [2.75, 3.05) is 13.7 Å². The molecule has 3 unspecified atom stereocenters. The van der Waals surface area contributed by atoms with E-state index in [0.29, 0.717) is 0 Å². The molecule has 3 atom stereocenters. The van der Waals surface area contributed by atoms with Crippen molar-refractivity contribution in [3.05, 3.63) is 0 Å². The Hall–Kier alpha value is 0.270. The molecule has 2 nitrogen and oxygen atoms in total. The van der Waals surface area contributed by atoms with E-state index in [2.05, 4.69) is 30.9 Å². The average molecular weight is 231 g/mol. The van der Waals surface area contributed by atoms with Crippen LogP contribution in [-0.4, -0.2) is 34.8 Å². The SMILES string of the molecule is CCC(C)SC1CCCC(CO)(NC)C1. The fourth-order valence-electron chi connectivity index (χ4n) is 2.30. The topological polar surface area (TPSA) is 32.3 Å². The lowest BCUT2D eigenvalue weighted by Crippen LogP contribution is -2.50. The molecule has 0 aromatic heterocycles. The fraction of sp³-hybridized carbons (Fsp3) is 1.00. The van der Waals surface area contributed by atoms with Gasteiger partial charge in [0.05, 0.1) is 6.61 Å². The Bertz CT molecular complexity index is 182.